The molecule has 0 aliphatic rings. The molecule has 0 radical (unpaired) electrons. The highest BCUT2D eigenvalue weighted by Gasteiger charge is 2.10. The van der Waals surface area contributed by atoms with Gasteiger partial charge in [0.05, 0.1) is 6.54 Å². The van der Waals surface area contributed by atoms with Crippen molar-refractivity contribution in [3.63, 3.8) is 0 Å². The zero-order valence-corrected chi connectivity index (χ0v) is 10.7. The zero-order valence-electron chi connectivity index (χ0n) is 8.35. The van der Waals surface area contributed by atoms with E-state index in [1.54, 1.807) is 6.92 Å². The molecule has 2 aromatic heterocycles. The van der Waals surface area contributed by atoms with Crippen LogP contribution in [0, 0.1) is 6.92 Å². The normalized spacial score (nSPS) is 10.6. The number of nitrogen functional groups attached to an aromatic ring is 1. The molecule has 0 unspecified atom stereocenters. The largest absolute Gasteiger partial charge is 0.388 e. The molecule has 0 amide bonds. The van der Waals surface area contributed by atoms with Crippen molar-refractivity contribution in [3.05, 3.63) is 32.5 Å². The maximum atomic E-state index is 11.8. The quantitative estimate of drug-likeness (QED) is 0.886. The summed E-state index contributed by atoms with van der Waals surface area (Å²) in [5.41, 5.74) is 6.11. The zero-order chi connectivity index (χ0) is 11.7. The third-order valence-electron chi connectivity index (χ3n) is 2.10. The monoisotopic (exact) mass is 301 g/mol. The van der Waals surface area contributed by atoms with Crippen molar-refractivity contribution in [1.29, 1.82) is 0 Å². The first-order valence-corrected chi connectivity index (χ1v) is 5.95. The molecule has 84 valence electrons. The minimum Gasteiger partial charge on any atom is -0.388 e. The highest BCUT2D eigenvalue weighted by atomic mass is 79.9. The van der Waals surface area contributed by atoms with Gasteiger partial charge in [0.2, 0.25) is 0 Å². The van der Waals surface area contributed by atoms with Crippen LogP contribution in [0.5, 0.6) is 0 Å². The lowest BCUT2D eigenvalue weighted by Crippen LogP contribution is -2.25. The predicted molar refractivity (Wildman–Crippen MR) is 64.4 cm³/mol. The average molecular weight is 302 g/mol. The minimum absolute atomic E-state index is 0.153. The van der Waals surface area contributed by atoms with Gasteiger partial charge >= 0.3 is 0 Å². The van der Waals surface area contributed by atoms with Gasteiger partial charge in [-0.25, -0.2) is 4.98 Å². The lowest BCUT2D eigenvalue weighted by atomic mass is 10.4. The van der Waals surface area contributed by atoms with Crippen molar-refractivity contribution in [2.45, 2.75) is 13.5 Å². The Bertz CT molecular complexity index is 578. The van der Waals surface area contributed by atoms with Gasteiger partial charge in [-0.15, -0.1) is 5.10 Å². The second kappa shape index (κ2) is 4.30. The van der Waals surface area contributed by atoms with Crippen LogP contribution in [0.2, 0.25) is 0 Å². The summed E-state index contributed by atoms with van der Waals surface area (Å²) in [6.45, 7) is 2.04. The highest BCUT2D eigenvalue weighted by molar-refractivity contribution is 9.10. The van der Waals surface area contributed by atoms with Gasteiger partial charge in [-0.2, -0.15) is 0 Å². The van der Waals surface area contributed by atoms with E-state index in [4.69, 9.17) is 5.73 Å². The van der Waals surface area contributed by atoms with E-state index in [2.05, 4.69) is 30.5 Å². The van der Waals surface area contributed by atoms with Gasteiger partial charge in [0, 0.05) is 17.7 Å². The van der Waals surface area contributed by atoms with Crippen LogP contribution in [0.3, 0.4) is 0 Å². The number of hydrogen-bond donors (Lipinski definition) is 1. The Morgan fingerprint density at radius 2 is 2.38 bits per heavy atom. The molecular formula is C8H8BrN5OS. The summed E-state index contributed by atoms with van der Waals surface area (Å²) in [5, 5.41) is 4.38. The van der Waals surface area contributed by atoms with E-state index in [0.717, 1.165) is 11.5 Å². The molecule has 0 aliphatic heterocycles. The van der Waals surface area contributed by atoms with Crippen molar-refractivity contribution < 1.29 is 0 Å². The molecule has 2 rings (SSSR count). The third-order valence-corrected chi connectivity index (χ3v) is 3.24. The molecule has 2 heterocycles. The second-order valence-electron chi connectivity index (χ2n) is 3.13. The number of nitrogens with two attached hydrogens (primary N) is 1. The first-order valence-electron chi connectivity index (χ1n) is 4.38. The number of anilines is 1. The lowest BCUT2D eigenvalue weighted by molar-refractivity contribution is 0.681. The number of aromatic nitrogens is 4. The summed E-state index contributed by atoms with van der Waals surface area (Å²) >= 11 is 4.25. The number of aryl methyl sites for hydroxylation is 1. The summed E-state index contributed by atoms with van der Waals surface area (Å²) in [6.07, 6.45) is 1.48. The summed E-state index contributed by atoms with van der Waals surface area (Å²) in [5.74, 6) is 0.612. The molecule has 0 aliphatic carbocycles. The van der Waals surface area contributed by atoms with E-state index in [-0.39, 0.29) is 5.56 Å². The first-order chi connectivity index (χ1) is 7.59. The van der Waals surface area contributed by atoms with Gasteiger partial charge in [-0.05, 0) is 22.9 Å². The van der Waals surface area contributed by atoms with Crippen molar-refractivity contribution in [2.75, 3.05) is 5.73 Å². The van der Waals surface area contributed by atoms with Gasteiger partial charge < -0.3 is 5.73 Å². The molecule has 0 atom stereocenters. The van der Waals surface area contributed by atoms with Gasteiger partial charge in [-0.3, -0.25) is 9.36 Å². The molecule has 6 nitrogen and oxygen atoms in total. The van der Waals surface area contributed by atoms with Crippen LogP contribution in [0.25, 0.3) is 0 Å². The first kappa shape index (κ1) is 11.2. The predicted octanol–water partition coefficient (Wildman–Crippen LogP) is 0.796. The Balaban J connectivity index is 2.46. The molecule has 0 fully saturated rings. The Hall–Kier alpha value is -1.28. The lowest BCUT2D eigenvalue weighted by Gasteiger charge is -2.07. The fourth-order valence-electron chi connectivity index (χ4n) is 1.21. The van der Waals surface area contributed by atoms with Crippen LogP contribution in [0.4, 0.5) is 5.00 Å². The molecule has 2 N–H and O–H groups in total. The number of halogens is 1. The fraction of sp³-hybridized carbons (Fsp3) is 0.250. The van der Waals surface area contributed by atoms with Crippen LogP contribution < -0.4 is 11.3 Å². The van der Waals surface area contributed by atoms with Crippen molar-refractivity contribution in [1.82, 2.24) is 19.1 Å². The molecule has 0 saturated carbocycles. The summed E-state index contributed by atoms with van der Waals surface area (Å²) in [6, 6.07) is 0. The van der Waals surface area contributed by atoms with E-state index in [9.17, 15) is 4.79 Å². The summed E-state index contributed by atoms with van der Waals surface area (Å²) in [7, 11) is 0. The maximum Gasteiger partial charge on any atom is 0.268 e. The Morgan fingerprint density at radius 1 is 1.62 bits per heavy atom. The van der Waals surface area contributed by atoms with E-state index in [1.165, 1.54) is 10.8 Å². The maximum absolute atomic E-state index is 11.8. The van der Waals surface area contributed by atoms with Gasteiger partial charge in [0.1, 0.15) is 21.0 Å². The molecular weight excluding hydrogens is 294 g/mol. The van der Waals surface area contributed by atoms with E-state index in [1.807, 2.05) is 0 Å². The van der Waals surface area contributed by atoms with Crippen molar-refractivity contribution in [3.8, 4) is 0 Å². The SMILES string of the molecule is Cc1ncc(Br)c(=O)n1Cc1nnsc1N. The van der Waals surface area contributed by atoms with Gasteiger partial charge in [-0.1, -0.05) is 4.49 Å². The van der Waals surface area contributed by atoms with Gasteiger partial charge in [0.25, 0.3) is 5.56 Å². The highest BCUT2D eigenvalue weighted by Crippen LogP contribution is 2.13. The molecule has 0 bridgehead atoms. The van der Waals surface area contributed by atoms with Crippen LogP contribution in [-0.2, 0) is 6.54 Å². The molecule has 0 spiro atoms. The Labute approximate surface area is 103 Å². The molecule has 0 saturated heterocycles. The Morgan fingerprint density at radius 3 is 3.00 bits per heavy atom. The standard InChI is InChI=1S/C8H8BrN5OS/c1-4-11-2-5(9)8(15)14(4)3-6-7(10)16-13-12-6/h2H,3,10H2,1H3. The second-order valence-corrected chi connectivity index (χ2v) is 4.77. The summed E-state index contributed by atoms with van der Waals surface area (Å²) in [4.78, 5) is 15.9. The topological polar surface area (TPSA) is 86.7 Å². The molecule has 16 heavy (non-hydrogen) atoms. The van der Waals surface area contributed by atoms with Crippen molar-refractivity contribution >= 4 is 32.5 Å². The Kier molecular flexibility index (Phi) is 3.01. The molecule has 0 aromatic carbocycles. The van der Waals surface area contributed by atoms with Crippen LogP contribution in [0.1, 0.15) is 11.5 Å². The number of nitrogens with zero attached hydrogens (tertiary/aromatic N) is 4. The van der Waals surface area contributed by atoms with Crippen LogP contribution in [0.15, 0.2) is 15.5 Å². The number of hydrogen-bond acceptors (Lipinski definition) is 6. The molecule has 8 heteroatoms. The van der Waals surface area contributed by atoms with E-state index in [0.29, 0.717) is 27.5 Å². The minimum atomic E-state index is -0.153. The van der Waals surface area contributed by atoms with Crippen LogP contribution >= 0.6 is 27.5 Å². The molecule has 2 aromatic rings. The number of rotatable bonds is 2. The smallest absolute Gasteiger partial charge is 0.268 e. The van der Waals surface area contributed by atoms with Crippen molar-refractivity contribution in [2.24, 2.45) is 0 Å². The van der Waals surface area contributed by atoms with Crippen LogP contribution in [-0.4, -0.2) is 19.1 Å². The van der Waals surface area contributed by atoms with E-state index >= 15 is 0 Å². The fourth-order valence-corrected chi connectivity index (χ4v) is 1.97. The van der Waals surface area contributed by atoms with E-state index < -0.39 is 0 Å². The third kappa shape index (κ3) is 1.98. The van der Waals surface area contributed by atoms with Gasteiger partial charge in [0.15, 0.2) is 0 Å². The average Bonchev–Trinajstić information content (AvgIpc) is 2.65. The summed E-state index contributed by atoms with van der Waals surface area (Å²) < 4.78 is 5.63.